The van der Waals surface area contributed by atoms with Gasteiger partial charge in [-0.3, -0.25) is 9.69 Å². The summed E-state index contributed by atoms with van der Waals surface area (Å²) in [5.74, 6) is -0.852. The number of benzene rings is 1. The van der Waals surface area contributed by atoms with Crippen LogP contribution in [0.3, 0.4) is 0 Å². The lowest BCUT2D eigenvalue weighted by Gasteiger charge is -2.12. The monoisotopic (exact) mass is 287 g/mol. The molecule has 0 amide bonds. The fourth-order valence-corrected chi connectivity index (χ4v) is 2.07. The summed E-state index contributed by atoms with van der Waals surface area (Å²) in [6.07, 6.45) is 0.984. The molecule has 0 bridgehead atoms. The van der Waals surface area contributed by atoms with E-state index in [1.807, 2.05) is 0 Å². The second kappa shape index (κ2) is 6.47. The minimum Gasteiger partial charge on any atom is -0.395 e. The van der Waals surface area contributed by atoms with Gasteiger partial charge >= 0.3 is 13.8 Å². The molecule has 0 fully saturated rings. The SMILES string of the molecule is CC(=O)OP(=O)(O)Oc1ccc(C[C@H](N)C=O)cc1. The second-order valence-corrected chi connectivity index (χ2v) is 5.09. The zero-order chi connectivity index (χ0) is 14.5. The van der Waals surface area contributed by atoms with Crippen LogP contribution >= 0.6 is 7.82 Å². The topological polar surface area (TPSA) is 116 Å². The van der Waals surface area contributed by atoms with Crippen LogP contribution in [-0.4, -0.2) is 23.2 Å². The summed E-state index contributed by atoms with van der Waals surface area (Å²) in [5, 5.41) is 0. The van der Waals surface area contributed by atoms with Gasteiger partial charge in [0, 0.05) is 6.92 Å². The van der Waals surface area contributed by atoms with Crippen LogP contribution in [0.2, 0.25) is 0 Å². The summed E-state index contributed by atoms with van der Waals surface area (Å²) in [4.78, 5) is 30.2. The molecule has 0 heterocycles. The highest BCUT2D eigenvalue weighted by molar-refractivity contribution is 7.48. The maximum Gasteiger partial charge on any atom is 0.587 e. The van der Waals surface area contributed by atoms with Gasteiger partial charge in [0.05, 0.1) is 6.04 Å². The highest BCUT2D eigenvalue weighted by Gasteiger charge is 2.26. The lowest BCUT2D eigenvalue weighted by atomic mass is 10.1. The van der Waals surface area contributed by atoms with Gasteiger partial charge in [0.25, 0.3) is 0 Å². The molecule has 8 heteroatoms. The number of phosphoric acid groups is 1. The Balaban J connectivity index is 2.69. The predicted molar refractivity (Wildman–Crippen MR) is 66.4 cm³/mol. The van der Waals surface area contributed by atoms with Crippen molar-refractivity contribution in [2.24, 2.45) is 5.73 Å². The third-order valence-corrected chi connectivity index (χ3v) is 2.96. The quantitative estimate of drug-likeness (QED) is 0.587. The summed E-state index contributed by atoms with van der Waals surface area (Å²) in [6, 6.07) is 5.41. The summed E-state index contributed by atoms with van der Waals surface area (Å²) in [5.41, 5.74) is 6.23. The molecule has 1 rings (SSSR count). The van der Waals surface area contributed by atoms with Crippen molar-refractivity contribution < 1.29 is 28.1 Å². The lowest BCUT2D eigenvalue weighted by Crippen LogP contribution is -2.23. The molecule has 0 aromatic heterocycles. The van der Waals surface area contributed by atoms with Gasteiger partial charge in [0.15, 0.2) is 0 Å². The highest BCUT2D eigenvalue weighted by atomic mass is 31.2. The molecular formula is C11H14NO6P. The molecule has 0 saturated heterocycles. The van der Waals surface area contributed by atoms with Crippen molar-refractivity contribution in [3.8, 4) is 5.75 Å². The maximum atomic E-state index is 11.3. The van der Waals surface area contributed by atoms with E-state index in [0.717, 1.165) is 12.5 Å². The Bertz CT molecular complexity index is 500. The Morgan fingerprint density at radius 2 is 2.05 bits per heavy atom. The molecule has 0 radical (unpaired) electrons. The summed E-state index contributed by atoms with van der Waals surface area (Å²) in [7, 11) is -4.45. The summed E-state index contributed by atoms with van der Waals surface area (Å²) < 4.78 is 20.1. The first-order valence-corrected chi connectivity index (χ1v) is 6.84. The van der Waals surface area contributed by atoms with Gasteiger partial charge in [-0.25, -0.2) is 4.57 Å². The van der Waals surface area contributed by atoms with E-state index in [9.17, 15) is 19.0 Å². The average molecular weight is 287 g/mol. The standard InChI is InChI=1S/C11H14NO6P/c1-8(14)17-19(15,16)18-11-4-2-9(3-5-11)6-10(12)7-13/h2-5,7,10H,6,12H2,1H3,(H,15,16)/t10-/m0/s1. The first-order chi connectivity index (χ1) is 8.82. The molecule has 0 aliphatic rings. The number of rotatable bonds is 6. The van der Waals surface area contributed by atoms with Gasteiger partial charge in [0.1, 0.15) is 12.0 Å². The van der Waals surface area contributed by atoms with E-state index >= 15 is 0 Å². The number of phosphoric ester groups is 1. The van der Waals surface area contributed by atoms with E-state index in [0.29, 0.717) is 12.7 Å². The van der Waals surface area contributed by atoms with Crippen molar-refractivity contribution in [1.29, 1.82) is 0 Å². The number of nitrogens with two attached hydrogens (primary N) is 1. The molecule has 1 aromatic rings. The van der Waals surface area contributed by atoms with Gasteiger partial charge < -0.3 is 19.6 Å². The molecule has 0 aliphatic heterocycles. The first-order valence-electron chi connectivity index (χ1n) is 5.35. The van der Waals surface area contributed by atoms with Crippen LogP contribution < -0.4 is 10.3 Å². The Morgan fingerprint density at radius 3 is 2.53 bits per heavy atom. The molecule has 1 unspecified atom stereocenters. The van der Waals surface area contributed by atoms with Crippen molar-refractivity contribution in [2.45, 2.75) is 19.4 Å². The maximum absolute atomic E-state index is 11.3. The van der Waals surface area contributed by atoms with Gasteiger partial charge in [-0.2, -0.15) is 0 Å². The number of aldehydes is 1. The summed E-state index contributed by atoms with van der Waals surface area (Å²) in [6.45, 7) is 0.996. The fraction of sp³-hybridized carbons (Fsp3) is 0.273. The Hall–Kier alpha value is -1.69. The molecule has 0 aliphatic carbocycles. The van der Waals surface area contributed by atoms with Crippen molar-refractivity contribution in [2.75, 3.05) is 0 Å². The van der Waals surface area contributed by atoms with E-state index in [4.69, 9.17) is 5.73 Å². The summed E-state index contributed by atoms with van der Waals surface area (Å²) >= 11 is 0. The van der Waals surface area contributed by atoms with Crippen LogP contribution in [0, 0.1) is 0 Å². The van der Waals surface area contributed by atoms with Crippen molar-refractivity contribution in [3.63, 3.8) is 0 Å². The van der Waals surface area contributed by atoms with E-state index in [2.05, 4.69) is 9.05 Å². The van der Waals surface area contributed by atoms with E-state index in [1.54, 1.807) is 12.1 Å². The van der Waals surface area contributed by atoms with Gasteiger partial charge in [0.2, 0.25) is 0 Å². The molecule has 0 saturated carbocycles. The molecule has 7 nitrogen and oxygen atoms in total. The van der Waals surface area contributed by atoms with Crippen molar-refractivity contribution >= 4 is 20.1 Å². The van der Waals surface area contributed by atoms with E-state index in [-0.39, 0.29) is 5.75 Å². The number of hydrogen-bond acceptors (Lipinski definition) is 6. The molecule has 2 atom stereocenters. The van der Waals surface area contributed by atoms with Crippen LogP contribution in [-0.2, 0) is 25.1 Å². The number of carbonyl (C=O) groups is 2. The van der Waals surface area contributed by atoms with Crippen molar-refractivity contribution in [1.82, 2.24) is 0 Å². The Morgan fingerprint density at radius 1 is 1.47 bits per heavy atom. The van der Waals surface area contributed by atoms with Gasteiger partial charge in [-0.1, -0.05) is 12.1 Å². The second-order valence-electron chi connectivity index (χ2n) is 3.79. The van der Waals surface area contributed by atoms with Crippen LogP contribution in [0.15, 0.2) is 24.3 Å². The van der Waals surface area contributed by atoms with Crippen molar-refractivity contribution in [3.05, 3.63) is 29.8 Å². The van der Waals surface area contributed by atoms with Crippen LogP contribution in [0.5, 0.6) is 5.75 Å². The molecule has 0 spiro atoms. The predicted octanol–water partition coefficient (Wildman–Crippen LogP) is 0.798. The molecule has 1 aromatic carbocycles. The van der Waals surface area contributed by atoms with Crippen LogP contribution in [0.1, 0.15) is 12.5 Å². The molecular weight excluding hydrogens is 273 g/mol. The van der Waals surface area contributed by atoms with Crippen LogP contribution in [0.25, 0.3) is 0 Å². The lowest BCUT2D eigenvalue weighted by molar-refractivity contribution is -0.133. The average Bonchev–Trinajstić information content (AvgIpc) is 2.29. The van der Waals surface area contributed by atoms with Crippen LogP contribution in [0.4, 0.5) is 0 Å². The normalized spacial score (nSPS) is 15.1. The zero-order valence-electron chi connectivity index (χ0n) is 10.2. The number of carbonyl (C=O) groups excluding carboxylic acids is 2. The first kappa shape index (κ1) is 15.4. The minimum atomic E-state index is -4.45. The third-order valence-electron chi connectivity index (χ3n) is 2.03. The zero-order valence-corrected chi connectivity index (χ0v) is 11.1. The highest BCUT2D eigenvalue weighted by Crippen LogP contribution is 2.43. The molecule has 19 heavy (non-hydrogen) atoms. The van der Waals surface area contributed by atoms with Gasteiger partial charge in [-0.05, 0) is 24.1 Å². The molecule has 104 valence electrons. The smallest absolute Gasteiger partial charge is 0.395 e. The van der Waals surface area contributed by atoms with Gasteiger partial charge in [-0.15, -0.1) is 0 Å². The van der Waals surface area contributed by atoms with E-state index < -0.39 is 19.8 Å². The minimum absolute atomic E-state index is 0.0653. The van der Waals surface area contributed by atoms with E-state index in [1.165, 1.54) is 12.1 Å². The Labute approximate surface area is 109 Å². The number of hydrogen-bond donors (Lipinski definition) is 2. The largest absolute Gasteiger partial charge is 0.587 e. The Kier molecular flexibility index (Phi) is 5.23. The molecule has 3 N–H and O–H groups in total. The fourth-order valence-electron chi connectivity index (χ4n) is 1.32. The third kappa shape index (κ3) is 5.65.